The predicted octanol–water partition coefficient (Wildman–Crippen LogP) is 4.28. The van der Waals surface area contributed by atoms with E-state index in [-0.39, 0.29) is 11.9 Å². The van der Waals surface area contributed by atoms with Crippen LogP contribution in [0.5, 0.6) is 5.75 Å². The Labute approximate surface area is 101 Å². The summed E-state index contributed by atoms with van der Waals surface area (Å²) < 4.78 is 19.1. The molecule has 2 heteroatoms. The summed E-state index contributed by atoms with van der Waals surface area (Å²) in [6.07, 6.45) is -0.0212. The largest absolute Gasteiger partial charge is 0.488 e. The Balaban J connectivity index is 2.31. The van der Waals surface area contributed by atoms with Crippen molar-refractivity contribution in [3.63, 3.8) is 0 Å². The number of hydrogen-bond acceptors (Lipinski definition) is 1. The first-order valence-corrected chi connectivity index (χ1v) is 5.68. The minimum Gasteiger partial charge on any atom is -0.488 e. The second-order valence-corrected chi connectivity index (χ2v) is 4.18. The van der Waals surface area contributed by atoms with Crippen LogP contribution in [-0.4, -0.2) is 6.10 Å². The Morgan fingerprint density at radius 1 is 0.941 bits per heavy atom. The quantitative estimate of drug-likeness (QED) is 0.764. The highest BCUT2D eigenvalue weighted by Gasteiger charge is 2.07. The minimum absolute atomic E-state index is 0.0212. The summed E-state index contributed by atoms with van der Waals surface area (Å²) >= 11 is 0. The van der Waals surface area contributed by atoms with E-state index in [0.29, 0.717) is 5.75 Å². The first kappa shape index (κ1) is 11.6. The molecule has 0 saturated carbocycles. The lowest BCUT2D eigenvalue weighted by molar-refractivity contribution is 0.231. The number of rotatable bonds is 3. The van der Waals surface area contributed by atoms with Crippen LogP contribution in [0.25, 0.3) is 11.1 Å². The van der Waals surface area contributed by atoms with Crippen molar-refractivity contribution in [1.29, 1.82) is 0 Å². The summed E-state index contributed by atoms with van der Waals surface area (Å²) in [7, 11) is 0. The lowest BCUT2D eigenvalue weighted by Gasteiger charge is -2.11. The molecule has 0 bridgehead atoms. The molecule has 0 fully saturated rings. The topological polar surface area (TPSA) is 9.23 Å². The molecule has 0 aliphatic heterocycles. The summed E-state index contributed by atoms with van der Waals surface area (Å²) in [6, 6.07) is 14.8. The number of benzene rings is 2. The smallest absolute Gasteiger partial charge is 0.165 e. The average molecular weight is 230 g/mol. The van der Waals surface area contributed by atoms with Crippen molar-refractivity contribution < 1.29 is 9.13 Å². The summed E-state index contributed by atoms with van der Waals surface area (Å²) in [6.45, 7) is 3.76. The van der Waals surface area contributed by atoms with E-state index in [4.69, 9.17) is 4.74 Å². The zero-order valence-electron chi connectivity index (χ0n) is 9.98. The van der Waals surface area contributed by atoms with Gasteiger partial charge in [-0.25, -0.2) is 4.39 Å². The van der Waals surface area contributed by atoms with E-state index in [2.05, 4.69) is 0 Å². The van der Waals surface area contributed by atoms with Crippen molar-refractivity contribution in [3.8, 4) is 16.9 Å². The normalized spacial score (nSPS) is 10.6. The zero-order chi connectivity index (χ0) is 12.3. The molecular formula is C15H15FO. The average Bonchev–Trinajstić information content (AvgIpc) is 2.32. The molecule has 0 saturated heterocycles. The minimum atomic E-state index is -0.319. The van der Waals surface area contributed by atoms with E-state index in [1.807, 2.05) is 50.2 Å². The fourth-order valence-corrected chi connectivity index (χ4v) is 1.66. The molecule has 1 nitrogen and oxygen atoms in total. The molecule has 0 unspecified atom stereocenters. The van der Waals surface area contributed by atoms with Gasteiger partial charge in [0, 0.05) is 0 Å². The Morgan fingerprint density at radius 2 is 1.65 bits per heavy atom. The van der Waals surface area contributed by atoms with Gasteiger partial charge in [-0.05, 0) is 37.1 Å². The molecule has 0 aromatic heterocycles. The van der Waals surface area contributed by atoms with Crippen LogP contribution in [0, 0.1) is 5.82 Å². The van der Waals surface area contributed by atoms with Crippen molar-refractivity contribution in [2.75, 3.05) is 0 Å². The van der Waals surface area contributed by atoms with E-state index in [0.717, 1.165) is 11.1 Å². The maximum Gasteiger partial charge on any atom is 0.165 e. The van der Waals surface area contributed by atoms with Gasteiger partial charge in [-0.3, -0.25) is 0 Å². The third kappa shape index (κ3) is 2.84. The van der Waals surface area contributed by atoms with Gasteiger partial charge < -0.3 is 4.74 Å². The second kappa shape index (κ2) is 5.00. The van der Waals surface area contributed by atoms with Gasteiger partial charge in [-0.15, -0.1) is 0 Å². The molecule has 17 heavy (non-hydrogen) atoms. The second-order valence-electron chi connectivity index (χ2n) is 4.18. The van der Waals surface area contributed by atoms with E-state index in [9.17, 15) is 4.39 Å². The molecule has 2 aromatic rings. The van der Waals surface area contributed by atoms with Gasteiger partial charge in [0.05, 0.1) is 6.10 Å². The van der Waals surface area contributed by atoms with Crippen LogP contribution < -0.4 is 4.74 Å². The summed E-state index contributed by atoms with van der Waals surface area (Å²) in [4.78, 5) is 0. The summed E-state index contributed by atoms with van der Waals surface area (Å²) in [5.41, 5.74) is 1.86. The van der Waals surface area contributed by atoms with Gasteiger partial charge in [0.1, 0.15) is 0 Å². The van der Waals surface area contributed by atoms with Crippen molar-refractivity contribution in [2.45, 2.75) is 20.0 Å². The zero-order valence-corrected chi connectivity index (χ0v) is 9.98. The maximum absolute atomic E-state index is 13.8. The monoisotopic (exact) mass is 230 g/mol. The Kier molecular flexibility index (Phi) is 3.43. The lowest BCUT2D eigenvalue weighted by atomic mass is 10.1. The first-order valence-electron chi connectivity index (χ1n) is 5.68. The van der Waals surface area contributed by atoms with Crippen molar-refractivity contribution in [2.24, 2.45) is 0 Å². The van der Waals surface area contributed by atoms with Gasteiger partial charge >= 0.3 is 0 Å². The van der Waals surface area contributed by atoms with Crippen LogP contribution >= 0.6 is 0 Å². The van der Waals surface area contributed by atoms with Crippen molar-refractivity contribution >= 4 is 0 Å². The van der Waals surface area contributed by atoms with Gasteiger partial charge in [-0.1, -0.05) is 36.4 Å². The van der Waals surface area contributed by atoms with E-state index in [1.165, 1.54) is 6.07 Å². The molecule has 0 radical (unpaired) electrons. The number of hydrogen-bond donors (Lipinski definition) is 0. The molecule has 0 aliphatic rings. The predicted molar refractivity (Wildman–Crippen MR) is 67.6 cm³/mol. The lowest BCUT2D eigenvalue weighted by Crippen LogP contribution is -2.06. The fraction of sp³-hybridized carbons (Fsp3) is 0.200. The van der Waals surface area contributed by atoms with Crippen LogP contribution in [0.3, 0.4) is 0 Å². The molecule has 2 aromatic carbocycles. The summed E-state index contributed by atoms with van der Waals surface area (Å²) in [5.74, 6) is -0.0141. The molecule has 0 spiro atoms. The van der Waals surface area contributed by atoms with Crippen LogP contribution in [0.2, 0.25) is 0 Å². The first-order chi connectivity index (χ1) is 8.16. The third-order valence-electron chi connectivity index (χ3n) is 2.40. The Bertz CT molecular complexity index is 492. The van der Waals surface area contributed by atoms with Gasteiger partial charge in [0.15, 0.2) is 11.6 Å². The standard InChI is InChI=1S/C15H15FO/c1-11(2)17-15-9-8-13(10-14(15)16)12-6-4-3-5-7-12/h3-11H,1-2H3. The SMILES string of the molecule is CC(C)Oc1ccc(-c2ccccc2)cc1F. The molecule has 0 aliphatic carbocycles. The Hall–Kier alpha value is -1.83. The molecule has 0 atom stereocenters. The number of ether oxygens (including phenoxy) is 1. The fourth-order valence-electron chi connectivity index (χ4n) is 1.66. The number of halogens is 1. The maximum atomic E-state index is 13.8. The van der Waals surface area contributed by atoms with Gasteiger partial charge in [-0.2, -0.15) is 0 Å². The van der Waals surface area contributed by atoms with E-state index < -0.39 is 0 Å². The molecule has 0 N–H and O–H groups in total. The molecule has 0 amide bonds. The highest BCUT2D eigenvalue weighted by Crippen LogP contribution is 2.25. The van der Waals surface area contributed by atoms with Gasteiger partial charge in [0.25, 0.3) is 0 Å². The van der Waals surface area contributed by atoms with Crippen molar-refractivity contribution in [1.82, 2.24) is 0 Å². The molecule has 88 valence electrons. The summed E-state index contributed by atoms with van der Waals surface area (Å²) in [5, 5.41) is 0. The van der Waals surface area contributed by atoms with Crippen LogP contribution in [0.15, 0.2) is 48.5 Å². The van der Waals surface area contributed by atoms with E-state index in [1.54, 1.807) is 6.07 Å². The van der Waals surface area contributed by atoms with Gasteiger partial charge in [0.2, 0.25) is 0 Å². The van der Waals surface area contributed by atoms with Crippen molar-refractivity contribution in [3.05, 3.63) is 54.3 Å². The Morgan fingerprint density at radius 3 is 2.24 bits per heavy atom. The highest BCUT2D eigenvalue weighted by atomic mass is 19.1. The highest BCUT2D eigenvalue weighted by molar-refractivity contribution is 5.64. The van der Waals surface area contributed by atoms with Crippen LogP contribution in [0.1, 0.15) is 13.8 Å². The van der Waals surface area contributed by atoms with Crippen LogP contribution in [-0.2, 0) is 0 Å². The van der Waals surface area contributed by atoms with Crippen LogP contribution in [0.4, 0.5) is 4.39 Å². The molecule has 2 rings (SSSR count). The van der Waals surface area contributed by atoms with E-state index >= 15 is 0 Å². The molecular weight excluding hydrogens is 215 g/mol. The molecule has 0 heterocycles. The third-order valence-corrected chi connectivity index (χ3v) is 2.40.